The van der Waals surface area contributed by atoms with Gasteiger partial charge in [0.15, 0.2) is 5.92 Å². The summed E-state index contributed by atoms with van der Waals surface area (Å²) in [6.07, 6.45) is 5.42. The summed E-state index contributed by atoms with van der Waals surface area (Å²) in [7, 11) is 0. The zero-order valence-corrected chi connectivity index (χ0v) is 14.2. The van der Waals surface area contributed by atoms with Crippen LogP contribution in [0, 0.1) is 28.6 Å². The predicted octanol–water partition coefficient (Wildman–Crippen LogP) is 2.91. The summed E-state index contributed by atoms with van der Waals surface area (Å²) in [5.74, 6) is -1.47. The Morgan fingerprint density at radius 1 is 1.25 bits per heavy atom. The Bertz CT molecular complexity index is 643. The molecule has 1 aromatic rings. The Morgan fingerprint density at radius 3 is 2.62 bits per heavy atom. The molecule has 0 bridgehead atoms. The lowest BCUT2D eigenvalue weighted by molar-refractivity contribution is -0.124. The van der Waals surface area contributed by atoms with Crippen LogP contribution in [0.15, 0.2) is 24.3 Å². The summed E-state index contributed by atoms with van der Waals surface area (Å²) >= 11 is 5.91. The molecule has 5 nitrogen and oxygen atoms in total. The smallest absolute Gasteiger partial charge is 0.240 e. The first-order valence-electron chi connectivity index (χ1n) is 8.21. The number of nitrogens with one attached hydrogen (secondary N) is 2. The first kappa shape index (κ1) is 18.3. The van der Waals surface area contributed by atoms with Gasteiger partial charge < -0.3 is 5.32 Å². The van der Waals surface area contributed by atoms with Crippen molar-refractivity contribution in [3.8, 4) is 12.1 Å². The summed E-state index contributed by atoms with van der Waals surface area (Å²) in [6, 6.07) is 10.6. The summed E-state index contributed by atoms with van der Waals surface area (Å²) in [4.78, 5) is 12.3. The molecule has 1 saturated carbocycles. The maximum atomic E-state index is 12.3. The van der Waals surface area contributed by atoms with Crippen molar-refractivity contribution in [1.29, 1.82) is 10.5 Å². The Labute approximate surface area is 147 Å². The highest BCUT2D eigenvalue weighted by Gasteiger charge is 2.30. The Kier molecular flexibility index (Phi) is 7.06. The molecule has 1 fully saturated rings. The number of nitriles is 2. The van der Waals surface area contributed by atoms with E-state index in [1.54, 1.807) is 18.2 Å². The molecule has 2 rings (SSSR count). The van der Waals surface area contributed by atoms with Crippen LogP contribution in [0.25, 0.3) is 0 Å². The molecule has 2 N–H and O–H groups in total. The van der Waals surface area contributed by atoms with Gasteiger partial charge in [0.1, 0.15) is 6.04 Å². The van der Waals surface area contributed by atoms with Crippen LogP contribution in [0.2, 0.25) is 5.02 Å². The van der Waals surface area contributed by atoms with Crippen LogP contribution in [0.5, 0.6) is 0 Å². The quantitative estimate of drug-likeness (QED) is 0.830. The van der Waals surface area contributed by atoms with Gasteiger partial charge in [-0.1, -0.05) is 43.0 Å². The topological polar surface area (TPSA) is 88.7 Å². The zero-order valence-electron chi connectivity index (χ0n) is 13.5. The Balaban J connectivity index is 1.93. The maximum Gasteiger partial charge on any atom is 0.240 e. The molecule has 0 aliphatic heterocycles. The van der Waals surface area contributed by atoms with E-state index in [1.165, 1.54) is 6.42 Å². The molecular weight excluding hydrogens is 324 g/mol. The molecule has 0 spiro atoms. The molecule has 0 heterocycles. The minimum Gasteiger partial charge on any atom is -0.351 e. The summed E-state index contributed by atoms with van der Waals surface area (Å²) < 4.78 is 0. The van der Waals surface area contributed by atoms with Gasteiger partial charge in [-0.25, -0.2) is 0 Å². The van der Waals surface area contributed by atoms with E-state index in [4.69, 9.17) is 11.6 Å². The van der Waals surface area contributed by atoms with Crippen molar-refractivity contribution in [2.24, 2.45) is 5.92 Å². The standard InChI is InChI=1S/C18H21ClN4O/c19-14-6-4-5-13(9-14)12-22-18(24)16(10-20)17(11-21)23-15-7-2-1-3-8-15/h4-6,9,15-17,23H,1-3,7-8,12H2,(H,22,24). The fraction of sp³-hybridized carbons (Fsp3) is 0.500. The minimum absolute atomic E-state index is 0.208. The highest BCUT2D eigenvalue weighted by molar-refractivity contribution is 6.30. The number of hydrogen-bond donors (Lipinski definition) is 2. The van der Waals surface area contributed by atoms with Crippen molar-refractivity contribution in [3.05, 3.63) is 34.9 Å². The number of amides is 1. The van der Waals surface area contributed by atoms with Crippen molar-refractivity contribution in [2.75, 3.05) is 0 Å². The zero-order chi connectivity index (χ0) is 17.4. The van der Waals surface area contributed by atoms with Crippen LogP contribution in [0.1, 0.15) is 37.7 Å². The predicted molar refractivity (Wildman–Crippen MR) is 91.8 cm³/mol. The van der Waals surface area contributed by atoms with E-state index in [1.807, 2.05) is 12.1 Å². The van der Waals surface area contributed by atoms with Gasteiger partial charge in [0.2, 0.25) is 5.91 Å². The van der Waals surface area contributed by atoms with Crippen LogP contribution in [-0.4, -0.2) is 18.0 Å². The van der Waals surface area contributed by atoms with Crippen molar-refractivity contribution in [3.63, 3.8) is 0 Å². The molecule has 6 heteroatoms. The third-order valence-electron chi connectivity index (χ3n) is 4.27. The van der Waals surface area contributed by atoms with E-state index in [0.29, 0.717) is 5.02 Å². The van der Waals surface area contributed by atoms with Crippen LogP contribution in [-0.2, 0) is 11.3 Å². The van der Waals surface area contributed by atoms with E-state index < -0.39 is 17.9 Å². The first-order chi connectivity index (χ1) is 11.6. The molecular formula is C18H21ClN4O. The minimum atomic E-state index is -1.03. The number of carbonyl (C=O) groups is 1. The molecule has 2 atom stereocenters. The normalized spacial score (nSPS) is 17.3. The van der Waals surface area contributed by atoms with Gasteiger partial charge in [0.05, 0.1) is 12.1 Å². The van der Waals surface area contributed by atoms with E-state index in [-0.39, 0.29) is 12.6 Å². The molecule has 1 amide bonds. The van der Waals surface area contributed by atoms with Crippen molar-refractivity contribution in [2.45, 2.75) is 50.7 Å². The first-order valence-corrected chi connectivity index (χ1v) is 8.59. The van der Waals surface area contributed by atoms with E-state index >= 15 is 0 Å². The fourth-order valence-electron chi connectivity index (χ4n) is 2.96. The second-order valence-corrected chi connectivity index (χ2v) is 6.50. The van der Waals surface area contributed by atoms with Crippen LogP contribution >= 0.6 is 11.6 Å². The monoisotopic (exact) mass is 344 g/mol. The third-order valence-corrected chi connectivity index (χ3v) is 4.51. The lowest BCUT2D eigenvalue weighted by Gasteiger charge is -2.26. The number of rotatable bonds is 6. The van der Waals surface area contributed by atoms with Crippen molar-refractivity contribution < 1.29 is 4.79 Å². The average Bonchev–Trinajstić information content (AvgIpc) is 2.60. The van der Waals surface area contributed by atoms with Crippen LogP contribution < -0.4 is 10.6 Å². The molecule has 126 valence electrons. The molecule has 1 aliphatic carbocycles. The Morgan fingerprint density at radius 2 is 2.00 bits per heavy atom. The van der Waals surface area contributed by atoms with Gasteiger partial charge in [-0.05, 0) is 30.5 Å². The molecule has 24 heavy (non-hydrogen) atoms. The van der Waals surface area contributed by atoms with E-state index in [2.05, 4.69) is 16.7 Å². The van der Waals surface area contributed by atoms with Crippen LogP contribution in [0.3, 0.4) is 0 Å². The second-order valence-electron chi connectivity index (χ2n) is 6.06. The summed E-state index contributed by atoms with van der Waals surface area (Å²) in [6.45, 7) is 0.277. The molecule has 0 aromatic heterocycles. The maximum absolute atomic E-state index is 12.3. The molecule has 0 saturated heterocycles. The van der Waals surface area contributed by atoms with Gasteiger partial charge in [-0.2, -0.15) is 10.5 Å². The highest BCUT2D eigenvalue weighted by Crippen LogP contribution is 2.19. The van der Waals surface area contributed by atoms with Gasteiger partial charge >= 0.3 is 0 Å². The number of hydrogen-bond acceptors (Lipinski definition) is 4. The lowest BCUT2D eigenvalue weighted by atomic mass is 9.93. The number of halogens is 1. The van der Waals surface area contributed by atoms with Gasteiger partial charge in [-0.15, -0.1) is 0 Å². The van der Waals surface area contributed by atoms with Gasteiger partial charge in [-0.3, -0.25) is 10.1 Å². The third kappa shape index (κ3) is 5.23. The number of benzene rings is 1. The van der Waals surface area contributed by atoms with Crippen molar-refractivity contribution >= 4 is 17.5 Å². The fourth-order valence-corrected chi connectivity index (χ4v) is 3.17. The van der Waals surface area contributed by atoms with Crippen LogP contribution in [0.4, 0.5) is 0 Å². The summed E-state index contributed by atoms with van der Waals surface area (Å²) in [5, 5.41) is 25.2. The van der Waals surface area contributed by atoms with E-state index in [0.717, 1.165) is 31.2 Å². The number of carbonyl (C=O) groups excluding carboxylic acids is 1. The molecule has 2 unspecified atom stereocenters. The lowest BCUT2D eigenvalue weighted by Crippen LogP contribution is -2.47. The summed E-state index contributed by atoms with van der Waals surface area (Å²) in [5.41, 5.74) is 0.848. The molecule has 1 aromatic carbocycles. The molecule has 1 aliphatic rings. The second kappa shape index (κ2) is 9.27. The largest absolute Gasteiger partial charge is 0.351 e. The Hall–Kier alpha value is -2.08. The number of nitrogens with zero attached hydrogens (tertiary/aromatic N) is 2. The van der Waals surface area contributed by atoms with Gasteiger partial charge in [0, 0.05) is 17.6 Å². The average molecular weight is 345 g/mol. The van der Waals surface area contributed by atoms with E-state index in [9.17, 15) is 15.3 Å². The van der Waals surface area contributed by atoms with Crippen molar-refractivity contribution in [1.82, 2.24) is 10.6 Å². The molecule has 0 radical (unpaired) electrons. The van der Waals surface area contributed by atoms with Gasteiger partial charge in [0.25, 0.3) is 0 Å². The highest BCUT2D eigenvalue weighted by atomic mass is 35.5. The SMILES string of the molecule is N#CC(NC1CCCCC1)C(C#N)C(=O)NCc1cccc(Cl)c1.